The predicted molar refractivity (Wildman–Crippen MR) is 93.5 cm³/mol. The minimum atomic E-state index is -0.264. The quantitative estimate of drug-likeness (QED) is 0.630. The van der Waals surface area contributed by atoms with Crippen LogP contribution >= 0.6 is 0 Å². The highest BCUT2D eigenvalue weighted by atomic mass is 16.2. The van der Waals surface area contributed by atoms with E-state index in [0.29, 0.717) is 16.8 Å². The fraction of sp³-hybridized carbons (Fsp3) is 0.200. The molecule has 2 aliphatic rings. The number of fused-ring (bicyclic) bond motifs is 1. The number of anilines is 1. The number of carbonyl (C=O) groups excluding carboxylic acids is 2. The van der Waals surface area contributed by atoms with Gasteiger partial charge >= 0.3 is 0 Å². The lowest BCUT2D eigenvalue weighted by Crippen LogP contribution is -2.42. The number of imide groups is 1. The molecule has 0 bridgehead atoms. The Morgan fingerprint density at radius 3 is 2.08 bits per heavy atom. The van der Waals surface area contributed by atoms with Crippen molar-refractivity contribution in [1.29, 1.82) is 0 Å². The van der Waals surface area contributed by atoms with Crippen LogP contribution in [0.15, 0.2) is 60.8 Å². The first-order chi connectivity index (χ1) is 11.8. The second kappa shape index (κ2) is 5.96. The summed E-state index contributed by atoms with van der Waals surface area (Å²) in [6, 6.07) is 16.5. The maximum absolute atomic E-state index is 13.1. The average molecular weight is 318 g/mol. The first kappa shape index (κ1) is 14.7. The Kier molecular flexibility index (Phi) is 3.65. The fourth-order valence-corrected chi connectivity index (χ4v) is 3.34. The standard InChI is InChI=1S/C20H18N2O2/c23-19-17-11-5-4-10-16(17)18(14-21-12-6-7-13-21)20(24)22(19)15-8-2-1-3-9-15/h1-5,8-11,14H,6-7,12-13H2/b18-14+. The largest absolute Gasteiger partial charge is 0.377 e. The summed E-state index contributed by atoms with van der Waals surface area (Å²) in [5.41, 5.74) is 2.50. The molecule has 2 heterocycles. The van der Waals surface area contributed by atoms with Crippen molar-refractivity contribution in [1.82, 2.24) is 4.90 Å². The SMILES string of the molecule is O=C1/C(=C/N2CCCC2)c2ccccc2C(=O)N1c1ccccc1. The van der Waals surface area contributed by atoms with E-state index in [-0.39, 0.29) is 11.8 Å². The zero-order chi connectivity index (χ0) is 16.5. The van der Waals surface area contributed by atoms with Gasteiger partial charge in [0, 0.05) is 30.4 Å². The van der Waals surface area contributed by atoms with Crippen molar-refractivity contribution in [3.05, 3.63) is 71.9 Å². The van der Waals surface area contributed by atoms with E-state index in [2.05, 4.69) is 4.90 Å². The van der Waals surface area contributed by atoms with Gasteiger partial charge < -0.3 is 4.90 Å². The van der Waals surface area contributed by atoms with Gasteiger partial charge in [0.2, 0.25) is 0 Å². The van der Waals surface area contributed by atoms with Crippen molar-refractivity contribution in [2.45, 2.75) is 12.8 Å². The molecule has 120 valence electrons. The van der Waals surface area contributed by atoms with Crippen molar-refractivity contribution < 1.29 is 9.59 Å². The number of para-hydroxylation sites is 1. The molecule has 0 aromatic heterocycles. The minimum Gasteiger partial charge on any atom is -0.377 e. The summed E-state index contributed by atoms with van der Waals surface area (Å²) in [6.45, 7) is 1.91. The lowest BCUT2D eigenvalue weighted by molar-refractivity contribution is -0.112. The van der Waals surface area contributed by atoms with Crippen LogP contribution in [0.4, 0.5) is 5.69 Å². The molecule has 24 heavy (non-hydrogen) atoms. The Hall–Kier alpha value is -2.88. The molecule has 4 nitrogen and oxygen atoms in total. The van der Waals surface area contributed by atoms with Crippen molar-refractivity contribution in [2.24, 2.45) is 0 Å². The number of likely N-dealkylation sites (tertiary alicyclic amines) is 1. The molecule has 0 N–H and O–H groups in total. The van der Waals surface area contributed by atoms with Crippen LogP contribution in [0.3, 0.4) is 0 Å². The third-order valence-corrected chi connectivity index (χ3v) is 4.55. The van der Waals surface area contributed by atoms with Crippen LogP contribution in [0.25, 0.3) is 5.57 Å². The molecule has 2 aromatic carbocycles. The Morgan fingerprint density at radius 2 is 1.38 bits per heavy atom. The molecular weight excluding hydrogens is 300 g/mol. The number of rotatable bonds is 2. The summed E-state index contributed by atoms with van der Waals surface area (Å²) in [4.78, 5) is 29.4. The second-order valence-electron chi connectivity index (χ2n) is 6.11. The van der Waals surface area contributed by atoms with E-state index in [0.717, 1.165) is 31.5 Å². The monoisotopic (exact) mass is 318 g/mol. The summed E-state index contributed by atoms with van der Waals surface area (Å²) >= 11 is 0. The smallest absolute Gasteiger partial charge is 0.267 e. The number of hydrogen-bond donors (Lipinski definition) is 0. The molecule has 1 fully saturated rings. The van der Waals surface area contributed by atoms with Gasteiger partial charge in [0.15, 0.2) is 0 Å². The summed E-state index contributed by atoms with van der Waals surface area (Å²) in [6.07, 6.45) is 4.21. The maximum atomic E-state index is 13.1. The molecular formula is C20H18N2O2. The van der Waals surface area contributed by atoms with E-state index >= 15 is 0 Å². The van der Waals surface area contributed by atoms with Gasteiger partial charge in [0.1, 0.15) is 0 Å². The zero-order valence-electron chi connectivity index (χ0n) is 13.3. The summed E-state index contributed by atoms with van der Waals surface area (Å²) < 4.78 is 0. The van der Waals surface area contributed by atoms with Crippen LogP contribution in [0, 0.1) is 0 Å². The first-order valence-corrected chi connectivity index (χ1v) is 8.25. The lowest BCUT2D eigenvalue weighted by Gasteiger charge is -2.29. The van der Waals surface area contributed by atoms with Gasteiger partial charge in [0.25, 0.3) is 11.8 Å². The second-order valence-corrected chi connectivity index (χ2v) is 6.11. The van der Waals surface area contributed by atoms with Gasteiger partial charge in [-0.25, -0.2) is 4.90 Å². The van der Waals surface area contributed by atoms with Crippen LogP contribution in [0.1, 0.15) is 28.8 Å². The van der Waals surface area contributed by atoms with Gasteiger partial charge in [-0.2, -0.15) is 0 Å². The van der Waals surface area contributed by atoms with Crippen molar-refractivity contribution in [2.75, 3.05) is 18.0 Å². The number of nitrogens with zero attached hydrogens (tertiary/aromatic N) is 2. The van der Waals surface area contributed by atoms with Crippen LogP contribution in [0.5, 0.6) is 0 Å². The van der Waals surface area contributed by atoms with Gasteiger partial charge in [-0.15, -0.1) is 0 Å². The Bertz CT molecular complexity index is 821. The lowest BCUT2D eigenvalue weighted by atomic mass is 9.93. The Balaban J connectivity index is 1.85. The van der Waals surface area contributed by atoms with E-state index in [9.17, 15) is 9.59 Å². The van der Waals surface area contributed by atoms with E-state index < -0.39 is 0 Å². The molecule has 1 saturated heterocycles. The zero-order valence-corrected chi connectivity index (χ0v) is 13.3. The first-order valence-electron chi connectivity index (χ1n) is 8.25. The summed E-state index contributed by atoms with van der Waals surface area (Å²) in [5, 5.41) is 0. The fourth-order valence-electron chi connectivity index (χ4n) is 3.34. The van der Waals surface area contributed by atoms with Gasteiger partial charge in [-0.3, -0.25) is 9.59 Å². The number of amides is 2. The van der Waals surface area contributed by atoms with Crippen molar-refractivity contribution in [3.8, 4) is 0 Å². The molecule has 2 aliphatic heterocycles. The van der Waals surface area contributed by atoms with Crippen LogP contribution in [-0.4, -0.2) is 29.8 Å². The van der Waals surface area contributed by atoms with Crippen LogP contribution in [0.2, 0.25) is 0 Å². The third-order valence-electron chi connectivity index (χ3n) is 4.55. The summed E-state index contributed by atoms with van der Waals surface area (Å²) in [7, 11) is 0. The highest BCUT2D eigenvalue weighted by molar-refractivity contribution is 6.40. The molecule has 4 heteroatoms. The molecule has 0 spiro atoms. The molecule has 0 saturated carbocycles. The molecule has 0 atom stereocenters. The maximum Gasteiger partial charge on any atom is 0.267 e. The number of benzene rings is 2. The molecule has 0 unspecified atom stereocenters. The minimum absolute atomic E-state index is 0.253. The van der Waals surface area contributed by atoms with Crippen LogP contribution < -0.4 is 4.90 Å². The molecule has 2 amide bonds. The predicted octanol–water partition coefficient (Wildman–Crippen LogP) is 3.31. The topological polar surface area (TPSA) is 40.6 Å². The third kappa shape index (κ3) is 2.40. The van der Waals surface area contributed by atoms with E-state index in [4.69, 9.17) is 0 Å². The van der Waals surface area contributed by atoms with E-state index in [1.165, 1.54) is 4.90 Å². The van der Waals surface area contributed by atoms with Gasteiger partial charge in [0.05, 0.1) is 11.3 Å². The normalized spacial score (nSPS) is 19.1. The Labute approximate surface area is 141 Å². The van der Waals surface area contributed by atoms with E-state index in [1.807, 2.05) is 42.6 Å². The summed E-state index contributed by atoms with van der Waals surface area (Å²) in [5.74, 6) is -0.517. The van der Waals surface area contributed by atoms with Crippen molar-refractivity contribution >= 4 is 23.1 Å². The highest BCUT2D eigenvalue weighted by Gasteiger charge is 2.36. The molecule has 0 aliphatic carbocycles. The molecule has 0 radical (unpaired) electrons. The van der Waals surface area contributed by atoms with Crippen LogP contribution in [-0.2, 0) is 4.79 Å². The molecule has 4 rings (SSSR count). The van der Waals surface area contributed by atoms with Gasteiger partial charge in [-0.05, 0) is 31.0 Å². The van der Waals surface area contributed by atoms with Gasteiger partial charge in [-0.1, -0.05) is 36.4 Å². The van der Waals surface area contributed by atoms with E-state index in [1.54, 1.807) is 18.2 Å². The van der Waals surface area contributed by atoms with Crippen molar-refractivity contribution in [3.63, 3.8) is 0 Å². The number of carbonyl (C=O) groups is 2. The average Bonchev–Trinajstić information content (AvgIpc) is 3.13. The Morgan fingerprint density at radius 1 is 0.750 bits per heavy atom. The highest BCUT2D eigenvalue weighted by Crippen LogP contribution is 2.32. The number of hydrogen-bond acceptors (Lipinski definition) is 3. The molecule has 2 aromatic rings.